The minimum Gasteiger partial charge on any atom is -0.204 e. The van der Waals surface area contributed by atoms with Crippen LogP contribution in [0.5, 0.6) is 0 Å². The molecule has 1 aliphatic heterocycles. The molecule has 14 heavy (non-hydrogen) atoms. The quantitative estimate of drug-likeness (QED) is 0.660. The summed E-state index contributed by atoms with van der Waals surface area (Å²) in [5.74, 6) is 0. The third kappa shape index (κ3) is 3.06. The van der Waals surface area contributed by atoms with Crippen LogP contribution in [-0.2, 0) is 10.9 Å². The van der Waals surface area contributed by atoms with Gasteiger partial charge in [0.2, 0.25) is 0 Å². The van der Waals surface area contributed by atoms with Crippen LogP contribution in [0, 0.1) is 0 Å². The van der Waals surface area contributed by atoms with Crippen LogP contribution in [-0.4, -0.2) is 17.2 Å². The van der Waals surface area contributed by atoms with Gasteiger partial charge in [-0.25, -0.2) is 4.41 Å². The van der Waals surface area contributed by atoms with Crippen LogP contribution in [0.2, 0.25) is 0 Å². The van der Waals surface area contributed by atoms with Crippen LogP contribution < -0.4 is 0 Å². The second kappa shape index (κ2) is 5.70. The summed E-state index contributed by atoms with van der Waals surface area (Å²) in [6.45, 7) is 4.98. The molecule has 0 aromatic heterocycles. The van der Waals surface area contributed by atoms with Crippen LogP contribution in [0.4, 0.5) is 0 Å². The van der Waals surface area contributed by atoms with Gasteiger partial charge in [-0.15, -0.1) is 0 Å². The van der Waals surface area contributed by atoms with Crippen molar-refractivity contribution in [2.75, 3.05) is 12.8 Å². The number of hydrogen-bond donors (Lipinski definition) is 0. The molecule has 0 saturated carbocycles. The first-order valence-electron chi connectivity index (χ1n) is 4.65. The van der Waals surface area contributed by atoms with Crippen molar-refractivity contribution in [3.05, 3.63) is 23.8 Å². The van der Waals surface area contributed by atoms with Gasteiger partial charge in [-0.3, -0.25) is 0 Å². The van der Waals surface area contributed by atoms with Crippen LogP contribution in [0.3, 0.4) is 0 Å². The van der Waals surface area contributed by atoms with Crippen LogP contribution in [0.15, 0.2) is 38.7 Å². The number of nitrogens with zero attached hydrogens (tertiary/aromatic N) is 4. The SMILES string of the molecule is CC=C(C=CCN1N=NN=S1C)CC. The number of hydrogen-bond acceptors (Lipinski definition) is 4. The van der Waals surface area contributed by atoms with Gasteiger partial charge in [-0.1, -0.05) is 35.2 Å². The zero-order valence-corrected chi connectivity index (χ0v) is 9.66. The topological polar surface area (TPSA) is 40.3 Å². The van der Waals surface area contributed by atoms with Crippen molar-refractivity contribution in [1.82, 2.24) is 4.41 Å². The molecular formula is C9H16N4S. The maximum atomic E-state index is 3.92. The Morgan fingerprint density at radius 3 is 2.79 bits per heavy atom. The fourth-order valence-electron chi connectivity index (χ4n) is 1.07. The molecular weight excluding hydrogens is 196 g/mol. The lowest BCUT2D eigenvalue weighted by Crippen LogP contribution is -2.15. The molecule has 5 heteroatoms. The fraction of sp³-hybridized carbons (Fsp3) is 0.556. The third-order valence-electron chi connectivity index (χ3n) is 1.97. The molecule has 0 N–H and O–H groups in total. The predicted octanol–water partition coefficient (Wildman–Crippen LogP) is 2.84. The van der Waals surface area contributed by atoms with Gasteiger partial charge >= 0.3 is 0 Å². The molecule has 0 bridgehead atoms. The molecule has 0 spiro atoms. The molecule has 0 saturated heterocycles. The van der Waals surface area contributed by atoms with Gasteiger partial charge in [0, 0.05) is 17.1 Å². The Balaban J connectivity index is 2.40. The molecule has 1 unspecified atom stereocenters. The molecule has 0 aromatic carbocycles. The lowest BCUT2D eigenvalue weighted by molar-refractivity contribution is 0.527. The monoisotopic (exact) mass is 212 g/mol. The van der Waals surface area contributed by atoms with E-state index in [2.05, 4.69) is 47.0 Å². The van der Waals surface area contributed by atoms with E-state index in [0.29, 0.717) is 0 Å². The van der Waals surface area contributed by atoms with E-state index >= 15 is 0 Å². The van der Waals surface area contributed by atoms with Crippen LogP contribution >= 0.6 is 0 Å². The van der Waals surface area contributed by atoms with Gasteiger partial charge in [0.15, 0.2) is 0 Å². The van der Waals surface area contributed by atoms with E-state index in [1.165, 1.54) is 5.57 Å². The molecule has 1 aliphatic rings. The number of allylic oxidation sites excluding steroid dienone is 3. The molecule has 1 heterocycles. The highest BCUT2D eigenvalue weighted by atomic mass is 32.2. The minimum atomic E-state index is -0.175. The zero-order valence-electron chi connectivity index (χ0n) is 8.84. The smallest absolute Gasteiger partial charge is 0.0694 e. The first-order valence-corrected chi connectivity index (χ1v) is 6.19. The maximum absolute atomic E-state index is 3.92. The van der Waals surface area contributed by atoms with E-state index in [4.69, 9.17) is 0 Å². The summed E-state index contributed by atoms with van der Waals surface area (Å²) in [6.07, 6.45) is 9.42. The highest BCUT2D eigenvalue weighted by Crippen LogP contribution is 2.08. The third-order valence-corrected chi connectivity index (χ3v) is 3.11. The molecule has 1 atom stereocenters. The lowest BCUT2D eigenvalue weighted by Gasteiger charge is -2.08. The Morgan fingerprint density at radius 2 is 2.29 bits per heavy atom. The predicted molar refractivity (Wildman–Crippen MR) is 60.5 cm³/mol. The van der Waals surface area contributed by atoms with Crippen molar-refractivity contribution in [2.24, 2.45) is 14.9 Å². The summed E-state index contributed by atoms with van der Waals surface area (Å²) in [6, 6.07) is 0. The average molecular weight is 212 g/mol. The Hall–Kier alpha value is -0.970. The van der Waals surface area contributed by atoms with Crippen molar-refractivity contribution in [3.8, 4) is 0 Å². The summed E-state index contributed by atoms with van der Waals surface area (Å²) in [4.78, 5) is 0. The zero-order chi connectivity index (χ0) is 10.4. The lowest BCUT2D eigenvalue weighted by atomic mass is 10.2. The average Bonchev–Trinajstić information content (AvgIpc) is 2.59. The summed E-state index contributed by atoms with van der Waals surface area (Å²) < 4.78 is 5.79. The van der Waals surface area contributed by atoms with Gasteiger partial charge in [0.05, 0.1) is 6.54 Å². The first-order chi connectivity index (χ1) is 6.77. The van der Waals surface area contributed by atoms with E-state index in [-0.39, 0.29) is 10.9 Å². The molecule has 0 aromatic rings. The maximum Gasteiger partial charge on any atom is 0.0694 e. The molecule has 0 aliphatic carbocycles. The summed E-state index contributed by atoms with van der Waals surface area (Å²) in [5, 5.41) is 7.52. The molecule has 0 fully saturated rings. The van der Waals surface area contributed by atoms with Gasteiger partial charge < -0.3 is 0 Å². The van der Waals surface area contributed by atoms with Gasteiger partial charge in [-0.2, -0.15) is 0 Å². The van der Waals surface area contributed by atoms with Crippen molar-refractivity contribution < 1.29 is 0 Å². The summed E-state index contributed by atoms with van der Waals surface area (Å²) in [5.41, 5.74) is 1.34. The van der Waals surface area contributed by atoms with Gasteiger partial charge in [-0.05, 0) is 23.8 Å². The molecule has 1 rings (SSSR count). The summed E-state index contributed by atoms with van der Waals surface area (Å²) in [7, 11) is -0.175. The van der Waals surface area contributed by atoms with E-state index in [9.17, 15) is 0 Å². The van der Waals surface area contributed by atoms with Crippen molar-refractivity contribution in [1.29, 1.82) is 0 Å². The molecule has 78 valence electrons. The summed E-state index contributed by atoms with van der Waals surface area (Å²) >= 11 is 0. The van der Waals surface area contributed by atoms with Crippen LogP contribution in [0.25, 0.3) is 0 Å². The Bertz CT molecular complexity index is 304. The molecule has 4 nitrogen and oxygen atoms in total. The highest BCUT2D eigenvalue weighted by molar-refractivity contribution is 7.84. The fourth-order valence-corrected chi connectivity index (χ4v) is 1.73. The van der Waals surface area contributed by atoms with Crippen molar-refractivity contribution in [3.63, 3.8) is 0 Å². The largest absolute Gasteiger partial charge is 0.204 e. The second-order valence-corrected chi connectivity index (χ2v) is 4.34. The standard InChI is InChI=1S/C9H16N4S/c1-4-9(5-2)7-6-8-13-11-10-12-14(13)3/h4,6-7H,5,8H2,1-3H3. The van der Waals surface area contributed by atoms with Gasteiger partial charge in [0.1, 0.15) is 0 Å². The highest BCUT2D eigenvalue weighted by Gasteiger charge is 2.06. The van der Waals surface area contributed by atoms with Crippen molar-refractivity contribution in [2.45, 2.75) is 20.3 Å². The van der Waals surface area contributed by atoms with E-state index in [1.54, 1.807) is 0 Å². The van der Waals surface area contributed by atoms with E-state index in [0.717, 1.165) is 13.0 Å². The van der Waals surface area contributed by atoms with E-state index in [1.807, 2.05) is 10.7 Å². The molecule has 0 radical (unpaired) electrons. The molecule has 0 amide bonds. The normalized spacial score (nSPS) is 22.1. The van der Waals surface area contributed by atoms with E-state index < -0.39 is 0 Å². The Kier molecular flexibility index (Phi) is 4.52. The Morgan fingerprint density at radius 1 is 1.50 bits per heavy atom. The second-order valence-electron chi connectivity index (χ2n) is 2.86. The minimum absolute atomic E-state index is 0.175. The first kappa shape index (κ1) is 11.1. The Labute approximate surface area is 87.6 Å². The van der Waals surface area contributed by atoms with Crippen LogP contribution in [0.1, 0.15) is 20.3 Å². The number of rotatable bonds is 4. The van der Waals surface area contributed by atoms with Crippen molar-refractivity contribution >= 4 is 10.9 Å². The van der Waals surface area contributed by atoms with Gasteiger partial charge in [0.25, 0.3) is 0 Å².